The summed E-state index contributed by atoms with van der Waals surface area (Å²) in [5, 5.41) is 0. The number of hydrogen-bond donors (Lipinski definition) is 0. The Hall–Kier alpha value is -0.940. The molecule has 0 spiro atoms. The molecule has 1 rings (SSSR count). The predicted molar refractivity (Wildman–Crippen MR) is 56.7 cm³/mol. The number of halogens is 3. The number of amides is 1. The van der Waals surface area contributed by atoms with E-state index in [0.29, 0.717) is 6.42 Å². The molecule has 100 valence electrons. The molecule has 0 aromatic rings. The van der Waals surface area contributed by atoms with E-state index >= 15 is 0 Å². The lowest BCUT2D eigenvalue weighted by molar-refractivity contribution is -0.143. The topological polar surface area (TPSA) is 29.5 Å². The Morgan fingerprint density at radius 1 is 1.35 bits per heavy atom. The highest BCUT2D eigenvalue weighted by atomic mass is 19.4. The van der Waals surface area contributed by atoms with Crippen molar-refractivity contribution in [2.75, 3.05) is 13.1 Å². The van der Waals surface area contributed by atoms with E-state index in [1.54, 1.807) is 6.92 Å². The maximum Gasteiger partial charge on any atom is 0.410 e. The molecule has 0 aromatic carbocycles. The highest BCUT2D eigenvalue weighted by Crippen LogP contribution is 2.23. The molecule has 0 unspecified atom stereocenters. The monoisotopic (exact) mass is 253 g/mol. The number of ether oxygens (including phenoxy) is 1. The van der Waals surface area contributed by atoms with Crippen LogP contribution >= 0.6 is 0 Å². The molecule has 0 heterocycles. The summed E-state index contributed by atoms with van der Waals surface area (Å²) in [6.07, 6.45) is -1.45. The Morgan fingerprint density at radius 2 is 1.94 bits per heavy atom. The fourth-order valence-electron chi connectivity index (χ4n) is 1.94. The molecule has 17 heavy (non-hydrogen) atoms. The van der Waals surface area contributed by atoms with Crippen molar-refractivity contribution in [1.29, 1.82) is 0 Å². The molecule has 0 radical (unpaired) electrons. The van der Waals surface area contributed by atoms with E-state index in [1.165, 1.54) is 0 Å². The lowest BCUT2D eigenvalue weighted by Crippen LogP contribution is -2.40. The summed E-state index contributed by atoms with van der Waals surface area (Å²) in [6.45, 7) is 0.573. The quantitative estimate of drug-likeness (QED) is 0.769. The predicted octanol–water partition coefficient (Wildman–Crippen LogP) is 3.34. The first kappa shape index (κ1) is 14.1. The van der Waals surface area contributed by atoms with Crippen molar-refractivity contribution in [1.82, 2.24) is 4.90 Å². The molecule has 0 bridgehead atoms. The smallest absolute Gasteiger partial charge is 0.410 e. The second kappa shape index (κ2) is 6.12. The molecule has 0 aromatic heterocycles. The Morgan fingerprint density at radius 3 is 2.41 bits per heavy atom. The fraction of sp³-hybridized carbons (Fsp3) is 0.909. The van der Waals surface area contributed by atoms with Crippen molar-refractivity contribution in [3.8, 4) is 0 Å². The molecule has 0 aliphatic heterocycles. The first-order valence-corrected chi connectivity index (χ1v) is 5.94. The van der Waals surface area contributed by atoms with Gasteiger partial charge in [0.2, 0.25) is 0 Å². The van der Waals surface area contributed by atoms with E-state index in [-0.39, 0.29) is 12.6 Å². The Labute approximate surface area is 98.9 Å². The molecule has 1 aliphatic rings. The SMILES string of the molecule is CCCN(CC(F)(F)F)C(=O)OC1CCCC1. The van der Waals surface area contributed by atoms with Gasteiger partial charge in [0.05, 0.1) is 0 Å². The number of carbonyl (C=O) groups is 1. The van der Waals surface area contributed by atoms with Gasteiger partial charge in [-0.3, -0.25) is 4.90 Å². The van der Waals surface area contributed by atoms with Crippen molar-refractivity contribution < 1.29 is 22.7 Å². The first-order chi connectivity index (χ1) is 7.92. The van der Waals surface area contributed by atoms with Crippen LogP contribution in [-0.2, 0) is 4.74 Å². The zero-order chi connectivity index (χ0) is 12.9. The maximum atomic E-state index is 12.3. The number of rotatable bonds is 4. The summed E-state index contributed by atoms with van der Waals surface area (Å²) in [5.41, 5.74) is 0. The number of alkyl halides is 3. The summed E-state index contributed by atoms with van der Waals surface area (Å²) in [4.78, 5) is 12.3. The van der Waals surface area contributed by atoms with E-state index in [1.807, 2.05) is 0 Å². The number of carbonyl (C=O) groups excluding carboxylic acids is 1. The van der Waals surface area contributed by atoms with Gasteiger partial charge in [-0.1, -0.05) is 6.92 Å². The minimum absolute atomic E-state index is 0.0745. The summed E-state index contributed by atoms with van der Waals surface area (Å²) in [7, 11) is 0. The van der Waals surface area contributed by atoms with Crippen molar-refractivity contribution in [3.63, 3.8) is 0 Å². The van der Waals surface area contributed by atoms with Crippen LogP contribution in [0.4, 0.5) is 18.0 Å². The standard InChI is InChI=1S/C11H18F3NO2/c1-2-7-15(8-11(12,13)14)10(16)17-9-5-3-4-6-9/h9H,2-8H2,1H3. The third-order valence-electron chi connectivity index (χ3n) is 2.69. The fourth-order valence-corrected chi connectivity index (χ4v) is 1.94. The summed E-state index contributed by atoms with van der Waals surface area (Å²) >= 11 is 0. The first-order valence-electron chi connectivity index (χ1n) is 5.94. The summed E-state index contributed by atoms with van der Waals surface area (Å²) < 4.78 is 41.8. The van der Waals surface area contributed by atoms with Gasteiger partial charge in [-0.25, -0.2) is 4.79 Å². The molecule has 0 N–H and O–H groups in total. The van der Waals surface area contributed by atoms with Gasteiger partial charge < -0.3 is 4.74 Å². The van der Waals surface area contributed by atoms with Gasteiger partial charge >= 0.3 is 12.3 Å². The van der Waals surface area contributed by atoms with Crippen LogP contribution in [0.25, 0.3) is 0 Å². The maximum absolute atomic E-state index is 12.3. The molecule has 3 nitrogen and oxygen atoms in total. The molecule has 0 atom stereocenters. The minimum atomic E-state index is -4.37. The van der Waals surface area contributed by atoms with E-state index in [2.05, 4.69) is 0 Å². The van der Waals surface area contributed by atoms with Gasteiger partial charge in [0.25, 0.3) is 0 Å². The number of nitrogens with zero attached hydrogens (tertiary/aromatic N) is 1. The normalized spacial score (nSPS) is 17.2. The molecule has 1 fully saturated rings. The van der Waals surface area contributed by atoms with Crippen molar-refractivity contribution in [3.05, 3.63) is 0 Å². The van der Waals surface area contributed by atoms with Crippen LogP contribution in [-0.4, -0.2) is 36.4 Å². The van der Waals surface area contributed by atoms with Gasteiger partial charge in [0.1, 0.15) is 12.6 Å². The average Bonchev–Trinajstić information content (AvgIpc) is 2.67. The lowest BCUT2D eigenvalue weighted by Gasteiger charge is -2.24. The van der Waals surface area contributed by atoms with Crippen molar-refractivity contribution >= 4 is 6.09 Å². The van der Waals surface area contributed by atoms with E-state index in [4.69, 9.17) is 4.74 Å². The van der Waals surface area contributed by atoms with Gasteiger partial charge in [-0.15, -0.1) is 0 Å². The Balaban J connectivity index is 2.47. The van der Waals surface area contributed by atoms with Crippen LogP contribution in [0, 0.1) is 0 Å². The minimum Gasteiger partial charge on any atom is -0.446 e. The summed E-state index contributed by atoms with van der Waals surface area (Å²) in [5.74, 6) is 0. The highest BCUT2D eigenvalue weighted by Gasteiger charge is 2.34. The van der Waals surface area contributed by atoms with Crippen LogP contribution in [0.15, 0.2) is 0 Å². The van der Waals surface area contributed by atoms with E-state index in [9.17, 15) is 18.0 Å². The van der Waals surface area contributed by atoms with Crippen LogP contribution in [0.5, 0.6) is 0 Å². The lowest BCUT2D eigenvalue weighted by atomic mass is 10.3. The number of hydrogen-bond acceptors (Lipinski definition) is 2. The Bertz CT molecular complexity index is 250. The Kier molecular flexibility index (Phi) is 5.08. The van der Waals surface area contributed by atoms with Gasteiger partial charge in [-0.2, -0.15) is 13.2 Å². The molecule has 1 saturated carbocycles. The average molecular weight is 253 g/mol. The van der Waals surface area contributed by atoms with Crippen LogP contribution in [0.3, 0.4) is 0 Å². The largest absolute Gasteiger partial charge is 0.446 e. The highest BCUT2D eigenvalue weighted by molar-refractivity contribution is 5.67. The zero-order valence-corrected chi connectivity index (χ0v) is 9.92. The van der Waals surface area contributed by atoms with Gasteiger partial charge in [0, 0.05) is 6.54 Å². The second-order valence-electron chi connectivity index (χ2n) is 4.33. The van der Waals surface area contributed by atoms with Crippen LogP contribution in [0.2, 0.25) is 0 Å². The van der Waals surface area contributed by atoms with E-state index < -0.39 is 18.8 Å². The van der Waals surface area contributed by atoms with Crippen LogP contribution in [0.1, 0.15) is 39.0 Å². The second-order valence-corrected chi connectivity index (χ2v) is 4.33. The third kappa shape index (κ3) is 5.28. The summed E-state index contributed by atoms with van der Waals surface area (Å²) in [6, 6.07) is 0. The van der Waals surface area contributed by atoms with Gasteiger partial charge in [-0.05, 0) is 32.1 Å². The molecule has 6 heteroatoms. The molecule has 1 amide bonds. The van der Waals surface area contributed by atoms with Crippen LogP contribution < -0.4 is 0 Å². The molecular weight excluding hydrogens is 235 g/mol. The van der Waals surface area contributed by atoms with Crippen molar-refractivity contribution in [2.45, 2.75) is 51.3 Å². The van der Waals surface area contributed by atoms with Gasteiger partial charge in [0.15, 0.2) is 0 Å². The molecular formula is C11H18F3NO2. The zero-order valence-electron chi connectivity index (χ0n) is 9.92. The molecule has 0 saturated heterocycles. The molecule has 1 aliphatic carbocycles. The van der Waals surface area contributed by atoms with Crippen molar-refractivity contribution in [2.24, 2.45) is 0 Å². The van der Waals surface area contributed by atoms with E-state index in [0.717, 1.165) is 30.6 Å². The third-order valence-corrected chi connectivity index (χ3v) is 2.69.